The van der Waals surface area contributed by atoms with Gasteiger partial charge in [0.1, 0.15) is 0 Å². The fraction of sp³-hybridized carbons (Fsp3) is 0.941. The van der Waals surface area contributed by atoms with Gasteiger partial charge in [0.05, 0.1) is 6.54 Å². The number of hydrogen-bond acceptors (Lipinski definition) is 3. The molecule has 4 nitrogen and oxygen atoms in total. The van der Waals surface area contributed by atoms with Gasteiger partial charge in [-0.3, -0.25) is 9.89 Å². The van der Waals surface area contributed by atoms with Gasteiger partial charge in [-0.05, 0) is 40.5 Å². The van der Waals surface area contributed by atoms with Crippen LogP contribution in [0.2, 0.25) is 0 Å². The van der Waals surface area contributed by atoms with Gasteiger partial charge in [-0.25, -0.2) is 0 Å². The van der Waals surface area contributed by atoms with E-state index in [1.54, 1.807) is 0 Å². The van der Waals surface area contributed by atoms with Crippen molar-refractivity contribution in [2.75, 3.05) is 37.7 Å². The number of guanidine groups is 1. The first-order chi connectivity index (χ1) is 10.5. The Balaban J connectivity index is 2.06. The van der Waals surface area contributed by atoms with Crippen LogP contribution in [0.1, 0.15) is 53.4 Å². The number of rotatable bonds is 4. The molecule has 0 amide bonds. The molecule has 1 aliphatic carbocycles. The molecular weight excluding hydrogens is 292 g/mol. The molecular formula is C17H34N4S. The zero-order chi connectivity index (χ0) is 16.1. The Labute approximate surface area is 140 Å². The number of thioether (sulfide) groups is 1. The van der Waals surface area contributed by atoms with E-state index in [0.717, 1.165) is 19.0 Å². The van der Waals surface area contributed by atoms with E-state index in [0.29, 0.717) is 5.54 Å². The summed E-state index contributed by atoms with van der Waals surface area (Å²) in [6.45, 7) is 13.0. The van der Waals surface area contributed by atoms with Gasteiger partial charge in [-0.15, -0.1) is 0 Å². The Bertz CT molecular complexity index is 363. The fourth-order valence-corrected chi connectivity index (χ4v) is 4.44. The van der Waals surface area contributed by atoms with Crippen LogP contribution >= 0.6 is 11.8 Å². The standard InChI is InChI=1S/C17H34N4S/c1-5-18-15(20-16(2,3)4)19-14-17(8-6-7-9-17)21-10-12-22-13-11-21/h5-14H2,1-4H3,(H2,18,19,20). The summed E-state index contributed by atoms with van der Waals surface area (Å²) in [7, 11) is 0. The van der Waals surface area contributed by atoms with Crippen molar-refractivity contribution < 1.29 is 0 Å². The highest BCUT2D eigenvalue weighted by molar-refractivity contribution is 7.99. The van der Waals surface area contributed by atoms with Crippen molar-refractivity contribution in [3.05, 3.63) is 0 Å². The Hall–Kier alpha value is -0.420. The van der Waals surface area contributed by atoms with Crippen LogP contribution in [0.5, 0.6) is 0 Å². The van der Waals surface area contributed by atoms with Gasteiger partial charge in [0, 0.05) is 42.2 Å². The lowest BCUT2D eigenvalue weighted by Crippen LogP contribution is -2.54. The zero-order valence-corrected chi connectivity index (χ0v) is 15.7. The highest BCUT2D eigenvalue weighted by Crippen LogP contribution is 2.37. The summed E-state index contributed by atoms with van der Waals surface area (Å²) in [6.07, 6.45) is 5.36. The molecule has 5 heteroatoms. The van der Waals surface area contributed by atoms with E-state index in [1.807, 2.05) is 0 Å². The van der Waals surface area contributed by atoms with Crippen LogP contribution < -0.4 is 10.6 Å². The summed E-state index contributed by atoms with van der Waals surface area (Å²) in [5, 5.41) is 6.92. The lowest BCUT2D eigenvalue weighted by Gasteiger charge is -2.42. The topological polar surface area (TPSA) is 39.7 Å². The van der Waals surface area contributed by atoms with Gasteiger partial charge in [0.2, 0.25) is 0 Å². The summed E-state index contributed by atoms with van der Waals surface area (Å²) in [4.78, 5) is 7.71. The third-order valence-corrected chi connectivity index (χ3v) is 5.53. The lowest BCUT2D eigenvalue weighted by atomic mass is 9.95. The predicted octanol–water partition coefficient (Wildman–Crippen LogP) is 2.70. The van der Waals surface area contributed by atoms with E-state index in [4.69, 9.17) is 4.99 Å². The minimum atomic E-state index is 0.0472. The Morgan fingerprint density at radius 3 is 2.36 bits per heavy atom. The minimum absolute atomic E-state index is 0.0472. The van der Waals surface area contributed by atoms with E-state index in [9.17, 15) is 0 Å². The third-order valence-electron chi connectivity index (χ3n) is 4.59. The van der Waals surface area contributed by atoms with Crippen LogP contribution in [-0.2, 0) is 0 Å². The van der Waals surface area contributed by atoms with Gasteiger partial charge in [-0.1, -0.05) is 12.8 Å². The van der Waals surface area contributed by atoms with E-state index in [-0.39, 0.29) is 5.54 Å². The molecule has 22 heavy (non-hydrogen) atoms. The Morgan fingerprint density at radius 1 is 1.18 bits per heavy atom. The molecule has 128 valence electrons. The summed E-state index contributed by atoms with van der Waals surface area (Å²) < 4.78 is 0. The van der Waals surface area contributed by atoms with Crippen LogP contribution in [0.25, 0.3) is 0 Å². The number of nitrogens with one attached hydrogen (secondary N) is 2. The van der Waals surface area contributed by atoms with Gasteiger partial charge in [0.15, 0.2) is 5.96 Å². The molecule has 1 saturated heterocycles. The van der Waals surface area contributed by atoms with E-state index in [1.165, 1.54) is 50.3 Å². The van der Waals surface area contributed by atoms with Crippen molar-refractivity contribution in [1.29, 1.82) is 0 Å². The zero-order valence-electron chi connectivity index (χ0n) is 14.9. The van der Waals surface area contributed by atoms with Crippen molar-refractivity contribution in [2.45, 2.75) is 64.5 Å². The maximum atomic E-state index is 4.97. The molecule has 0 bridgehead atoms. The highest BCUT2D eigenvalue weighted by atomic mass is 32.2. The minimum Gasteiger partial charge on any atom is -0.357 e. The maximum Gasteiger partial charge on any atom is 0.191 e. The largest absolute Gasteiger partial charge is 0.357 e. The molecule has 0 aromatic carbocycles. The summed E-state index contributed by atoms with van der Waals surface area (Å²) >= 11 is 2.09. The molecule has 1 saturated carbocycles. The van der Waals surface area contributed by atoms with Crippen LogP contribution in [0.15, 0.2) is 4.99 Å². The van der Waals surface area contributed by atoms with E-state index >= 15 is 0 Å². The summed E-state index contributed by atoms with van der Waals surface area (Å²) in [6, 6.07) is 0. The van der Waals surface area contributed by atoms with Gasteiger partial charge in [-0.2, -0.15) is 11.8 Å². The number of aliphatic imine (C=N–C) groups is 1. The lowest BCUT2D eigenvalue weighted by molar-refractivity contribution is 0.112. The van der Waals surface area contributed by atoms with Crippen molar-refractivity contribution >= 4 is 17.7 Å². The second kappa shape index (κ2) is 7.91. The summed E-state index contributed by atoms with van der Waals surface area (Å²) in [5.41, 5.74) is 0.368. The van der Waals surface area contributed by atoms with Crippen molar-refractivity contribution in [1.82, 2.24) is 15.5 Å². The van der Waals surface area contributed by atoms with Crippen LogP contribution in [0.3, 0.4) is 0 Å². The molecule has 0 aromatic heterocycles. The van der Waals surface area contributed by atoms with Crippen molar-refractivity contribution in [2.24, 2.45) is 4.99 Å². The first-order valence-corrected chi connectivity index (χ1v) is 10.00. The molecule has 0 unspecified atom stereocenters. The Morgan fingerprint density at radius 2 is 1.82 bits per heavy atom. The molecule has 0 radical (unpaired) electrons. The smallest absolute Gasteiger partial charge is 0.191 e. The molecule has 2 fully saturated rings. The Kier molecular flexibility index (Phi) is 6.45. The average molecular weight is 327 g/mol. The monoisotopic (exact) mass is 326 g/mol. The van der Waals surface area contributed by atoms with Crippen LogP contribution in [-0.4, -0.2) is 59.6 Å². The number of nitrogens with zero attached hydrogens (tertiary/aromatic N) is 2. The SMILES string of the molecule is CCNC(=NCC1(N2CCSCC2)CCCC1)NC(C)(C)C. The third kappa shape index (κ3) is 5.05. The molecule has 2 N–H and O–H groups in total. The van der Waals surface area contributed by atoms with Gasteiger partial charge in [0.25, 0.3) is 0 Å². The van der Waals surface area contributed by atoms with Gasteiger partial charge >= 0.3 is 0 Å². The van der Waals surface area contributed by atoms with Crippen molar-refractivity contribution in [3.8, 4) is 0 Å². The van der Waals surface area contributed by atoms with Crippen molar-refractivity contribution in [3.63, 3.8) is 0 Å². The molecule has 1 aliphatic heterocycles. The first-order valence-electron chi connectivity index (χ1n) is 8.84. The molecule has 0 spiro atoms. The quantitative estimate of drug-likeness (QED) is 0.615. The maximum absolute atomic E-state index is 4.97. The van der Waals surface area contributed by atoms with Crippen LogP contribution in [0.4, 0.5) is 0 Å². The number of hydrogen-bond donors (Lipinski definition) is 2. The highest BCUT2D eigenvalue weighted by Gasteiger charge is 2.39. The second-order valence-electron chi connectivity index (χ2n) is 7.60. The molecule has 2 rings (SSSR count). The predicted molar refractivity (Wildman–Crippen MR) is 99.0 cm³/mol. The molecule has 0 aromatic rings. The summed E-state index contributed by atoms with van der Waals surface area (Å²) in [5.74, 6) is 3.53. The molecule has 0 atom stereocenters. The molecule has 1 heterocycles. The first kappa shape index (κ1) is 17.9. The van der Waals surface area contributed by atoms with Gasteiger partial charge < -0.3 is 10.6 Å². The van der Waals surface area contributed by atoms with Crippen LogP contribution in [0, 0.1) is 0 Å². The van der Waals surface area contributed by atoms with E-state index < -0.39 is 0 Å². The molecule has 2 aliphatic rings. The second-order valence-corrected chi connectivity index (χ2v) is 8.83. The van der Waals surface area contributed by atoms with E-state index in [2.05, 4.69) is 55.0 Å². The fourth-order valence-electron chi connectivity index (χ4n) is 3.53. The normalized spacial score (nSPS) is 23.5. The average Bonchev–Trinajstić information content (AvgIpc) is 2.95.